The lowest BCUT2D eigenvalue weighted by molar-refractivity contribution is -0.136. The smallest absolute Gasteiger partial charge is 0.318 e. The monoisotopic (exact) mass is 181 g/mol. The van der Waals surface area contributed by atoms with Crippen LogP contribution in [0.5, 0.6) is 0 Å². The quantitative estimate of drug-likeness (QED) is 0.576. The molecule has 0 amide bonds. The van der Waals surface area contributed by atoms with E-state index in [1.54, 1.807) is 11.8 Å². The van der Waals surface area contributed by atoms with E-state index in [0.717, 1.165) is 0 Å². The minimum absolute atomic E-state index is 0. The Morgan fingerprint density at radius 2 is 2.00 bits per heavy atom. The molecule has 0 radical (unpaired) electrons. The first-order chi connectivity index (χ1) is 5.22. The Hall–Kier alpha value is -0.550. The fourth-order valence-electron chi connectivity index (χ4n) is 1.11. The zero-order valence-corrected chi connectivity index (χ0v) is 6.96. The summed E-state index contributed by atoms with van der Waals surface area (Å²) in [6.45, 7) is 4.07. The lowest BCUT2D eigenvalue weighted by Gasteiger charge is -2.29. The third-order valence-corrected chi connectivity index (χ3v) is 1.92. The number of rotatable bonds is 2. The zero-order chi connectivity index (χ0) is 8.27. The van der Waals surface area contributed by atoms with Crippen molar-refractivity contribution in [1.29, 1.82) is 0 Å². The van der Waals surface area contributed by atoms with Gasteiger partial charge in [0, 0.05) is 13.1 Å². The van der Waals surface area contributed by atoms with Crippen LogP contribution in [0, 0.1) is 0 Å². The van der Waals surface area contributed by atoms with E-state index >= 15 is 0 Å². The van der Waals surface area contributed by atoms with E-state index < -0.39 is 12.1 Å². The van der Waals surface area contributed by atoms with Gasteiger partial charge in [-0.15, -0.1) is 0 Å². The number of morpholine rings is 1. The second kappa shape index (κ2) is 5.16. The van der Waals surface area contributed by atoms with Crippen molar-refractivity contribution in [2.45, 2.75) is 13.0 Å². The van der Waals surface area contributed by atoms with Gasteiger partial charge in [0.2, 0.25) is 0 Å². The zero-order valence-electron chi connectivity index (χ0n) is 6.96. The molecule has 1 aliphatic rings. The Bertz CT molecular complexity index is 148. The molecule has 0 N–H and O–H groups in total. The topological polar surface area (TPSA) is 29.5 Å². The predicted octanol–water partition coefficient (Wildman–Crippen LogP) is 0.356. The van der Waals surface area contributed by atoms with E-state index in [1.165, 1.54) is 0 Å². The summed E-state index contributed by atoms with van der Waals surface area (Å²) in [6.07, 6.45) is 0. The molecule has 0 aromatic heterocycles. The van der Waals surface area contributed by atoms with E-state index in [0.29, 0.717) is 26.3 Å². The highest BCUT2D eigenvalue weighted by atomic mass is 19.1. The largest absolute Gasteiger partial charge is 0.379 e. The molecule has 1 aliphatic heterocycles. The molecular weight excluding hydrogens is 168 g/mol. The van der Waals surface area contributed by atoms with Crippen LogP contribution >= 0.6 is 0 Å². The molecule has 1 atom stereocenters. The molecule has 72 valence electrons. The molecule has 5 heteroatoms. The van der Waals surface area contributed by atoms with Gasteiger partial charge in [0.05, 0.1) is 19.3 Å². The molecule has 3 nitrogen and oxygen atoms in total. The van der Waals surface area contributed by atoms with E-state index in [9.17, 15) is 9.18 Å². The minimum Gasteiger partial charge on any atom is -0.379 e. The Labute approximate surface area is 69.9 Å². The Kier molecular flexibility index (Phi) is 4.92. The van der Waals surface area contributed by atoms with Crippen molar-refractivity contribution in [3.63, 3.8) is 0 Å². The third kappa shape index (κ3) is 2.83. The van der Waals surface area contributed by atoms with Crippen LogP contribution in [0.3, 0.4) is 0 Å². The predicted molar refractivity (Wildman–Crippen MR) is 40.5 cm³/mol. The van der Waals surface area contributed by atoms with Crippen molar-refractivity contribution in [3.05, 3.63) is 0 Å². The van der Waals surface area contributed by atoms with E-state index in [-0.39, 0.29) is 4.70 Å². The summed E-state index contributed by atoms with van der Waals surface area (Å²) in [5.41, 5.74) is 0. The van der Waals surface area contributed by atoms with Crippen molar-refractivity contribution in [3.8, 4) is 0 Å². The summed E-state index contributed by atoms with van der Waals surface area (Å²) in [4.78, 5) is 12.1. The normalized spacial score (nSPS) is 21.2. The maximum Gasteiger partial charge on any atom is 0.318 e. The molecule has 1 fully saturated rings. The summed E-state index contributed by atoms with van der Waals surface area (Å²) in [6, 6.07) is -1.86. The van der Waals surface area contributed by atoms with E-state index in [4.69, 9.17) is 4.74 Å². The summed E-state index contributed by atoms with van der Waals surface area (Å²) in [5.74, 6) is 0. The molecule has 0 bridgehead atoms. The lowest BCUT2D eigenvalue weighted by Crippen LogP contribution is -2.44. The molecule has 0 aromatic rings. The number of ether oxygens (including phenoxy) is 1. The highest BCUT2D eigenvalue weighted by Gasteiger charge is 2.22. The van der Waals surface area contributed by atoms with Crippen LogP contribution in [-0.4, -0.2) is 43.3 Å². The molecule has 1 heterocycles. The van der Waals surface area contributed by atoms with Gasteiger partial charge in [-0.05, 0) is 6.92 Å². The fraction of sp³-hybridized carbons (Fsp3) is 0.857. The van der Waals surface area contributed by atoms with Gasteiger partial charge in [-0.3, -0.25) is 14.4 Å². The van der Waals surface area contributed by atoms with Crippen LogP contribution < -0.4 is 0 Å². The van der Waals surface area contributed by atoms with Crippen LogP contribution in [0.1, 0.15) is 6.92 Å². The Morgan fingerprint density at radius 1 is 1.50 bits per heavy atom. The first-order valence-corrected chi connectivity index (χ1v) is 3.73. The van der Waals surface area contributed by atoms with E-state index in [1.807, 2.05) is 0 Å². The summed E-state index contributed by atoms with van der Waals surface area (Å²) >= 11 is 0. The maximum absolute atomic E-state index is 12.2. The summed E-state index contributed by atoms with van der Waals surface area (Å²) in [5, 5.41) is 0. The van der Waals surface area contributed by atoms with Crippen molar-refractivity contribution < 1.29 is 18.6 Å². The van der Waals surface area contributed by atoms with Crippen molar-refractivity contribution >= 4 is 6.04 Å². The molecule has 1 rings (SSSR count). The van der Waals surface area contributed by atoms with Gasteiger partial charge in [0.25, 0.3) is 0 Å². The molecule has 1 saturated heterocycles. The second-order valence-corrected chi connectivity index (χ2v) is 2.63. The standard InChI is InChI=1S/C7H12FNO2.FH/c1-6(7(8)10)9-2-4-11-5-3-9;/h6H,2-5H2,1H3;1H. The number of halogens is 2. The molecule has 1 unspecified atom stereocenters. The van der Waals surface area contributed by atoms with Gasteiger partial charge in [0.15, 0.2) is 0 Å². The van der Waals surface area contributed by atoms with Gasteiger partial charge >= 0.3 is 6.04 Å². The maximum atomic E-state index is 12.2. The highest BCUT2D eigenvalue weighted by molar-refractivity contribution is 5.73. The third-order valence-electron chi connectivity index (χ3n) is 1.92. The van der Waals surface area contributed by atoms with Crippen LogP contribution in [0.4, 0.5) is 9.09 Å². The van der Waals surface area contributed by atoms with Gasteiger partial charge in [-0.2, -0.15) is 4.39 Å². The number of nitrogens with zero attached hydrogens (tertiary/aromatic N) is 1. The van der Waals surface area contributed by atoms with Gasteiger partial charge < -0.3 is 4.74 Å². The summed E-state index contributed by atoms with van der Waals surface area (Å²) in [7, 11) is 0. The molecule has 0 aliphatic carbocycles. The lowest BCUT2D eigenvalue weighted by atomic mass is 10.3. The number of carbonyl (C=O) groups excluding carboxylic acids is 1. The first kappa shape index (κ1) is 11.4. The van der Waals surface area contributed by atoms with Crippen molar-refractivity contribution in [2.75, 3.05) is 26.3 Å². The number of carbonyl (C=O) groups is 1. The first-order valence-electron chi connectivity index (χ1n) is 3.73. The van der Waals surface area contributed by atoms with Crippen LogP contribution in [0.15, 0.2) is 0 Å². The van der Waals surface area contributed by atoms with Gasteiger partial charge in [-0.25, -0.2) is 0 Å². The van der Waals surface area contributed by atoms with Gasteiger partial charge in [0.1, 0.15) is 0 Å². The SMILES string of the molecule is CC(C(=O)F)N1CCOCC1.F. The van der Waals surface area contributed by atoms with Crippen LogP contribution in [-0.2, 0) is 9.53 Å². The Balaban J connectivity index is 0.00000121. The average Bonchev–Trinajstić information content (AvgIpc) is 2.05. The average molecular weight is 181 g/mol. The number of hydrogen-bond acceptors (Lipinski definition) is 3. The Morgan fingerprint density at radius 3 is 2.42 bits per heavy atom. The van der Waals surface area contributed by atoms with Crippen molar-refractivity contribution in [1.82, 2.24) is 4.90 Å². The van der Waals surface area contributed by atoms with Crippen molar-refractivity contribution in [2.24, 2.45) is 0 Å². The van der Waals surface area contributed by atoms with Gasteiger partial charge in [-0.1, -0.05) is 0 Å². The van der Waals surface area contributed by atoms with Crippen LogP contribution in [0.25, 0.3) is 0 Å². The fourth-order valence-corrected chi connectivity index (χ4v) is 1.11. The molecule has 0 aromatic carbocycles. The van der Waals surface area contributed by atoms with Crippen LogP contribution in [0.2, 0.25) is 0 Å². The highest BCUT2D eigenvalue weighted by Crippen LogP contribution is 2.04. The number of hydrogen-bond donors (Lipinski definition) is 0. The summed E-state index contributed by atoms with van der Waals surface area (Å²) < 4.78 is 17.2. The molecule has 12 heavy (non-hydrogen) atoms. The van der Waals surface area contributed by atoms with E-state index in [2.05, 4.69) is 0 Å². The second-order valence-electron chi connectivity index (χ2n) is 2.63. The molecule has 0 saturated carbocycles. The molecular formula is C7H13F2NO2. The minimum atomic E-state index is -1.26. The molecule has 0 spiro atoms.